The molecule has 5 atom stereocenters. The molecule has 3 nitrogen and oxygen atoms in total. The number of pyridine rings is 1. The van der Waals surface area contributed by atoms with E-state index in [0.717, 1.165) is 31.2 Å². The summed E-state index contributed by atoms with van der Waals surface area (Å²) in [7, 11) is 0. The normalized spacial score (nSPS) is 40.2. The Hall–Kier alpha value is -1.64. The molecule has 150 valence electrons. The minimum Gasteiger partial charge on any atom is -0.337 e. The zero-order chi connectivity index (χ0) is 19.5. The van der Waals surface area contributed by atoms with Crippen LogP contribution < -0.4 is 0 Å². The van der Waals surface area contributed by atoms with Crippen LogP contribution in [-0.2, 0) is 4.79 Å². The average molecular weight is 379 g/mol. The highest BCUT2D eigenvalue weighted by atomic mass is 16.2. The summed E-state index contributed by atoms with van der Waals surface area (Å²) in [4.78, 5) is 19.6. The average Bonchev–Trinajstić information content (AvgIpc) is 2.94. The van der Waals surface area contributed by atoms with E-state index < -0.39 is 0 Å². The van der Waals surface area contributed by atoms with E-state index in [1.54, 1.807) is 0 Å². The van der Waals surface area contributed by atoms with Crippen molar-refractivity contribution in [1.29, 1.82) is 0 Å². The Kier molecular flexibility index (Phi) is 4.23. The van der Waals surface area contributed by atoms with E-state index in [1.807, 2.05) is 6.20 Å². The highest BCUT2D eigenvalue weighted by molar-refractivity contribution is 5.78. The fraction of sp³-hybridized carbons (Fsp3) is 0.680. The van der Waals surface area contributed by atoms with E-state index in [2.05, 4.69) is 49.0 Å². The molecule has 2 aliphatic heterocycles. The molecule has 0 unspecified atom stereocenters. The molecule has 0 aromatic carbocycles. The zero-order valence-corrected chi connectivity index (χ0v) is 17.7. The van der Waals surface area contributed by atoms with E-state index in [1.165, 1.54) is 55.2 Å². The van der Waals surface area contributed by atoms with Crippen molar-refractivity contribution < 1.29 is 4.79 Å². The number of allylic oxidation sites excluding steroid dienone is 2. The predicted molar refractivity (Wildman–Crippen MR) is 113 cm³/mol. The van der Waals surface area contributed by atoms with Crippen LogP contribution in [0.1, 0.15) is 76.3 Å². The van der Waals surface area contributed by atoms with Crippen molar-refractivity contribution in [2.24, 2.45) is 23.2 Å². The minimum absolute atomic E-state index is 0.0888. The zero-order valence-electron chi connectivity index (χ0n) is 17.7. The summed E-state index contributed by atoms with van der Waals surface area (Å²) in [5.41, 5.74) is 4.47. The maximum Gasteiger partial charge on any atom is 0.223 e. The first-order valence-electron chi connectivity index (χ1n) is 11.4. The SMILES string of the molecule is Cc1cncc(C2=CC[C@H]3[C@@H]4CCN5C(=O)CCCC[C@]5(C)[C@H]4CC[C@]23C)c1. The van der Waals surface area contributed by atoms with Gasteiger partial charge in [0.05, 0.1) is 0 Å². The summed E-state index contributed by atoms with van der Waals surface area (Å²) in [5, 5.41) is 0. The number of aromatic nitrogens is 1. The number of aryl methyl sites for hydroxylation is 1. The molecular formula is C25H34N2O. The Morgan fingerprint density at radius 2 is 1.96 bits per heavy atom. The molecule has 5 rings (SSSR count). The smallest absolute Gasteiger partial charge is 0.223 e. The predicted octanol–water partition coefficient (Wildman–Crippen LogP) is 5.39. The third-order valence-corrected chi connectivity index (χ3v) is 8.93. The molecule has 3 heterocycles. The molecule has 3 heteroatoms. The number of nitrogens with zero attached hydrogens (tertiary/aromatic N) is 2. The number of rotatable bonds is 1. The largest absolute Gasteiger partial charge is 0.337 e. The first-order chi connectivity index (χ1) is 13.4. The van der Waals surface area contributed by atoms with Gasteiger partial charge in [-0.2, -0.15) is 0 Å². The third-order valence-electron chi connectivity index (χ3n) is 8.93. The van der Waals surface area contributed by atoms with Crippen molar-refractivity contribution in [2.45, 2.75) is 77.7 Å². The van der Waals surface area contributed by atoms with Gasteiger partial charge in [0.25, 0.3) is 0 Å². The highest BCUT2D eigenvalue weighted by Gasteiger charge is 2.58. The van der Waals surface area contributed by atoms with Crippen molar-refractivity contribution >= 4 is 11.5 Å². The number of amides is 1. The number of piperidine rings is 1. The van der Waals surface area contributed by atoms with Crippen molar-refractivity contribution in [3.63, 3.8) is 0 Å². The standard InChI is InChI=1S/C25H34N2O/c1-17-14-18(16-26-15-17)20-7-8-21-19-10-13-27-23(28)6-4-5-11-25(27,3)22(19)9-12-24(20,21)2/h7,14-16,19,21-22H,4-6,8-13H2,1-3H3/t19-,21-,22-,24+,25+/m0/s1. The van der Waals surface area contributed by atoms with Crippen LogP contribution >= 0.6 is 0 Å². The van der Waals surface area contributed by atoms with Crippen LogP contribution in [0.4, 0.5) is 0 Å². The van der Waals surface area contributed by atoms with Gasteiger partial charge in [-0.3, -0.25) is 9.78 Å². The number of fused-ring (bicyclic) bond motifs is 5. The Balaban J connectivity index is 1.47. The van der Waals surface area contributed by atoms with Gasteiger partial charge in [0.1, 0.15) is 0 Å². The molecule has 0 N–H and O–H groups in total. The van der Waals surface area contributed by atoms with E-state index in [0.29, 0.717) is 11.8 Å². The molecule has 28 heavy (non-hydrogen) atoms. The topological polar surface area (TPSA) is 33.2 Å². The lowest BCUT2D eigenvalue weighted by Gasteiger charge is -2.59. The maximum atomic E-state index is 12.8. The van der Waals surface area contributed by atoms with Crippen molar-refractivity contribution in [3.05, 3.63) is 35.7 Å². The number of hydrogen-bond acceptors (Lipinski definition) is 2. The van der Waals surface area contributed by atoms with Crippen LogP contribution in [0.5, 0.6) is 0 Å². The van der Waals surface area contributed by atoms with Crippen molar-refractivity contribution in [2.75, 3.05) is 6.54 Å². The van der Waals surface area contributed by atoms with Gasteiger partial charge in [0, 0.05) is 30.9 Å². The molecule has 2 saturated heterocycles. The van der Waals surface area contributed by atoms with E-state index in [9.17, 15) is 4.79 Å². The van der Waals surface area contributed by atoms with Crippen molar-refractivity contribution in [1.82, 2.24) is 9.88 Å². The minimum atomic E-state index is 0.0888. The van der Waals surface area contributed by atoms with Gasteiger partial charge in [-0.1, -0.05) is 19.4 Å². The number of carbonyl (C=O) groups is 1. The van der Waals surface area contributed by atoms with Gasteiger partial charge < -0.3 is 4.90 Å². The van der Waals surface area contributed by atoms with Crippen LogP contribution in [-0.4, -0.2) is 27.9 Å². The van der Waals surface area contributed by atoms with Crippen LogP contribution in [0, 0.1) is 30.1 Å². The first kappa shape index (κ1) is 18.4. The van der Waals surface area contributed by atoms with Crippen molar-refractivity contribution in [3.8, 4) is 0 Å². The summed E-state index contributed by atoms with van der Waals surface area (Å²) in [6.07, 6.45) is 15.7. The molecule has 1 aromatic rings. The fourth-order valence-electron chi connectivity index (χ4n) is 7.54. The third kappa shape index (κ3) is 2.54. The summed E-state index contributed by atoms with van der Waals surface area (Å²) in [5.74, 6) is 2.56. The quantitative estimate of drug-likeness (QED) is 0.656. The van der Waals surface area contributed by atoms with Gasteiger partial charge in [0.2, 0.25) is 5.91 Å². The first-order valence-corrected chi connectivity index (χ1v) is 11.4. The summed E-state index contributed by atoms with van der Waals surface area (Å²) in [6, 6.07) is 2.31. The van der Waals surface area contributed by atoms with Gasteiger partial charge >= 0.3 is 0 Å². The van der Waals surface area contributed by atoms with Crippen LogP contribution in [0.3, 0.4) is 0 Å². The highest BCUT2D eigenvalue weighted by Crippen LogP contribution is 2.63. The Morgan fingerprint density at radius 1 is 1.11 bits per heavy atom. The lowest BCUT2D eigenvalue weighted by Crippen LogP contribution is -2.62. The van der Waals surface area contributed by atoms with Gasteiger partial charge in [0.15, 0.2) is 0 Å². The molecule has 0 radical (unpaired) electrons. The van der Waals surface area contributed by atoms with Crippen LogP contribution in [0.2, 0.25) is 0 Å². The molecule has 2 aliphatic carbocycles. The Morgan fingerprint density at radius 3 is 2.79 bits per heavy atom. The molecule has 1 aromatic heterocycles. The summed E-state index contributed by atoms with van der Waals surface area (Å²) >= 11 is 0. The second kappa shape index (κ2) is 6.43. The second-order valence-corrected chi connectivity index (χ2v) is 10.3. The molecular weight excluding hydrogens is 344 g/mol. The van der Waals surface area contributed by atoms with E-state index in [-0.39, 0.29) is 11.0 Å². The molecule has 1 amide bonds. The lowest BCUT2D eigenvalue weighted by molar-refractivity contribution is -0.150. The van der Waals surface area contributed by atoms with Crippen LogP contribution in [0.15, 0.2) is 24.5 Å². The van der Waals surface area contributed by atoms with Gasteiger partial charge in [-0.05, 0) is 98.3 Å². The van der Waals surface area contributed by atoms with E-state index >= 15 is 0 Å². The molecule has 0 bridgehead atoms. The van der Waals surface area contributed by atoms with Gasteiger partial charge in [-0.25, -0.2) is 0 Å². The second-order valence-electron chi connectivity index (χ2n) is 10.3. The van der Waals surface area contributed by atoms with E-state index in [4.69, 9.17) is 0 Å². The molecule has 1 saturated carbocycles. The number of hydrogen-bond donors (Lipinski definition) is 0. The monoisotopic (exact) mass is 378 g/mol. The molecule has 3 fully saturated rings. The Bertz CT molecular complexity index is 830. The fourth-order valence-corrected chi connectivity index (χ4v) is 7.54. The molecule has 4 aliphatic rings. The lowest BCUT2D eigenvalue weighted by atomic mass is 9.52. The summed E-state index contributed by atoms with van der Waals surface area (Å²) < 4.78 is 0. The van der Waals surface area contributed by atoms with Gasteiger partial charge in [-0.15, -0.1) is 0 Å². The molecule has 0 spiro atoms. The van der Waals surface area contributed by atoms with Crippen LogP contribution in [0.25, 0.3) is 5.57 Å². The Labute approximate surface area is 169 Å². The number of carbonyl (C=O) groups excluding carboxylic acids is 1. The maximum absolute atomic E-state index is 12.8. The summed E-state index contributed by atoms with van der Waals surface area (Å²) in [6.45, 7) is 8.05.